The Morgan fingerprint density at radius 3 is 1.17 bits per heavy atom. The molecule has 0 rings (SSSR count). The zero-order valence-electron chi connectivity index (χ0n) is 7.43. The van der Waals surface area contributed by atoms with Gasteiger partial charge in [-0.1, -0.05) is 0 Å². The van der Waals surface area contributed by atoms with Crippen LogP contribution in [0.25, 0.3) is 0 Å². The van der Waals surface area contributed by atoms with E-state index in [4.69, 9.17) is 7.52 Å². The van der Waals surface area contributed by atoms with Gasteiger partial charge in [-0.05, 0) is 0 Å². The summed E-state index contributed by atoms with van der Waals surface area (Å²) in [4.78, 5) is 0. The molecule has 0 atom stereocenters. The molecule has 0 aliphatic carbocycles. The van der Waals surface area contributed by atoms with E-state index in [9.17, 15) is 13.6 Å². The third-order valence-electron chi connectivity index (χ3n) is 0.422. The summed E-state index contributed by atoms with van der Waals surface area (Å²) in [5.41, 5.74) is 0. The number of hydrogen-bond acceptors (Lipinski definition) is 14. The molecule has 0 bridgehead atoms. The van der Waals surface area contributed by atoms with Gasteiger partial charge < -0.3 is 0 Å². The zero-order chi connectivity index (χ0) is 14.1. The topological polar surface area (TPSA) is 127 Å². The molecule has 0 unspecified atom stereocenters. The summed E-state index contributed by atoms with van der Waals surface area (Å²) in [7, 11) is 6.90. The molecule has 0 aromatic carbocycles. The van der Waals surface area contributed by atoms with Gasteiger partial charge in [0, 0.05) is 0 Å². The minimum atomic E-state index is -5.43. The van der Waals surface area contributed by atoms with Gasteiger partial charge in [0.2, 0.25) is 0 Å². The quantitative estimate of drug-likeness (QED) is 0.161. The van der Waals surface area contributed by atoms with Crippen molar-refractivity contribution in [3.05, 3.63) is 0 Å². The summed E-state index contributed by atoms with van der Waals surface area (Å²) in [6, 6.07) is 0. The number of rotatable bonds is 11. The van der Waals surface area contributed by atoms with E-state index in [1.807, 2.05) is 0 Å². The van der Waals surface area contributed by atoms with E-state index < -0.39 is 33.5 Å². The van der Waals surface area contributed by atoms with Crippen molar-refractivity contribution in [1.29, 1.82) is 0 Å². The molecular weight excluding hydrogens is 576 g/mol. The van der Waals surface area contributed by atoms with Gasteiger partial charge >= 0.3 is 141 Å². The van der Waals surface area contributed by atoms with E-state index in [1.165, 1.54) is 39.3 Å². The average Bonchev–Trinajstić information content (AvgIpc) is 2.17. The van der Waals surface area contributed by atoms with E-state index >= 15 is 0 Å². The van der Waals surface area contributed by atoms with Gasteiger partial charge in [-0.25, -0.2) is 0 Å². The van der Waals surface area contributed by atoms with Gasteiger partial charge in [-0.2, -0.15) is 0 Å². The Morgan fingerprint density at radius 2 is 0.889 bits per heavy atom. The molecule has 8 nitrogen and oxygen atoms in total. The predicted octanol–water partition coefficient (Wildman–Crippen LogP) is 3.45. The molecule has 0 aliphatic rings. The minimum absolute atomic E-state index is 0.533. The van der Waals surface area contributed by atoms with Crippen molar-refractivity contribution in [2.45, 2.75) is 0 Å². The van der Waals surface area contributed by atoms with Crippen molar-refractivity contribution < 1.29 is 60.3 Å². The summed E-state index contributed by atoms with van der Waals surface area (Å²) in [5, 5.41) is 0. The molecule has 0 amide bonds. The summed E-state index contributed by atoms with van der Waals surface area (Å²) in [6.07, 6.45) is 0. The Balaban J connectivity index is 3.22. The zero-order valence-corrected chi connectivity index (χ0v) is 18.0. The SMILES string of the molecule is [O]=[Mo](=[O])([OH])[O]SSSSSSSS[O][Mo](=[O])(=[O])[OH]. The Labute approximate surface area is 139 Å². The van der Waals surface area contributed by atoms with Crippen molar-refractivity contribution in [3.63, 3.8) is 0 Å². The van der Waals surface area contributed by atoms with Crippen LogP contribution in [0, 0.1) is 0 Å². The third-order valence-corrected chi connectivity index (χ3v) is 18.8. The summed E-state index contributed by atoms with van der Waals surface area (Å²) < 4.78 is 65.5. The molecule has 0 heterocycles. The van der Waals surface area contributed by atoms with E-state index in [0.717, 1.165) is 19.7 Å². The molecule has 2 N–H and O–H groups in total. The molecule has 0 spiro atoms. The van der Waals surface area contributed by atoms with Crippen LogP contribution >= 0.6 is 81.1 Å². The standard InChI is InChI=1S/2Mo.H2O2S8.2H2O.4O/c;;1-3-5-7-9-10-8-6-4-2;;;;;;/h;;1-2H;2*1H2;;;;/q2*+2;;;;;;;/p-4. The van der Waals surface area contributed by atoms with E-state index in [1.54, 1.807) is 0 Å². The molecule has 0 aromatic rings. The second kappa shape index (κ2) is 11.7. The monoisotopic (exact) mass is 582 g/mol. The molecule has 0 radical (unpaired) electrons. The fourth-order valence-corrected chi connectivity index (χ4v) is 20.2. The third kappa shape index (κ3) is 19.2. The van der Waals surface area contributed by atoms with Gasteiger partial charge in [0.05, 0.1) is 0 Å². The Hall–Kier alpha value is 3.22. The second-order valence-corrected chi connectivity index (χ2v) is 19.7. The van der Waals surface area contributed by atoms with Gasteiger partial charge in [-0.3, -0.25) is 0 Å². The Kier molecular flexibility index (Phi) is 13.8. The van der Waals surface area contributed by atoms with E-state index in [-0.39, 0.29) is 0 Å². The van der Waals surface area contributed by atoms with Gasteiger partial charge in [0.15, 0.2) is 0 Å². The molecule has 18 heavy (non-hydrogen) atoms. The Morgan fingerprint density at radius 1 is 0.611 bits per heavy atom. The first-order chi connectivity index (χ1) is 8.21. The average molecular weight is 578 g/mol. The molecule has 110 valence electrons. The van der Waals surface area contributed by atoms with E-state index in [0.29, 0.717) is 22.1 Å². The van der Waals surface area contributed by atoms with Crippen LogP contribution in [0.2, 0.25) is 0 Å². The van der Waals surface area contributed by atoms with Crippen LogP contribution in [0.15, 0.2) is 0 Å². The van der Waals surface area contributed by atoms with Crippen LogP contribution in [0.5, 0.6) is 0 Å². The van der Waals surface area contributed by atoms with Crippen LogP contribution in [0.4, 0.5) is 0 Å². The first-order valence-electron chi connectivity index (χ1n) is 2.87. The molecule has 0 aromatic heterocycles. The van der Waals surface area contributed by atoms with Gasteiger partial charge in [0.1, 0.15) is 0 Å². The molecule has 0 saturated carbocycles. The second-order valence-electron chi connectivity index (χ2n) is 1.54. The summed E-state index contributed by atoms with van der Waals surface area (Å²) in [5.74, 6) is 0. The molecule has 0 saturated heterocycles. The first kappa shape index (κ1) is 21.2. The summed E-state index contributed by atoms with van der Waals surface area (Å²) in [6.45, 7) is 0. The van der Waals surface area contributed by atoms with Crippen LogP contribution < -0.4 is 0 Å². The van der Waals surface area contributed by atoms with Crippen molar-refractivity contribution in [2.75, 3.05) is 0 Å². The Bertz CT molecular complexity index is 359. The first-order valence-corrected chi connectivity index (χ1v) is 19.6. The summed E-state index contributed by atoms with van der Waals surface area (Å²) >= 11 is -9.80. The maximum absolute atomic E-state index is 10.2. The molecule has 18 heteroatoms. The maximum atomic E-state index is 10.2. The van der Waals surface area contributed by atoms with Crippen LogP contribution in [-0.4, -0.2) is 7.52 Å². The molecule has 0 fully saturated rings. The predicted molar refractivity (Wildman–Crippen MR) is 70.1 cm³/mol. The fraction of sp³-hybridized carbons (Fsp3) is 0. The number of hydrogen-bond donors (Lipinski definition) is 2. The van der Waals surface area contributed by atoms with Crippen LogP contribution in [0.3, 0.4) is 0 Å². The molecular formula is H2Mo2O8S8. The van der Waals surface area contributed by atoms with Crippen LogP contribution in [-0.2, 0) is 52.8 Å². The van der Waals surface area contributed by atoms with Crippen molar-refractivity contribution in [2.24, 2.45) is 0 Å². The van der Waals surface area contributed by atoms with Gasteiger partial charge in [-0.15, -0.1) is 0 Å². The van der Waals surface area contributed by atoms with Crippen molar-refractivity contribution in [3.8, 4) is 0 Å². The van der Waals surface area contributed by atoms with E-state index in [2.05, 4.69) is 5.67 Å². The fourth-order valence-electron chi connectivity index (χ4n) is 0.161. The van der Waals surface area contributed by atoms with Crippen LogP contribution in [0.1, 0.15) is 0 Å². The van der Waals surface area contributed by atoms with Crippen molar-refractivity contribution >= 4 is 81.1 Å². The van der Waals surface area contributed by atoms with Crippen molar-refractivity contribution in [1.82, 2.24) is 0 Å². The molecule has 0 aliphatic heterocycles. The van der Waals surface area contributed by atoms with Gasteiger partial charge in [0.25, 0.3) is 0 Å². The normalized spacial score (nSPS) is 12.8.